The van der Waals surface area contributed by atoms with E-state index in [9.17, 15) is 9.59 Å². The van der Waals surface area contributed by atoms with Gasteiger partial charge in [0.25, 0.3) is 0 Å². The molecule has 3 amide bonds. The number of urea groups is 1. The van der Waals surface area contributed by atoms with E-state index in [4.69, 9.17) is 9.40 Å². The van der Waals surface area contributed by atoms with E-state index in [1.54, 1.807) is 23.5 Å². The molecule has 8 heteroatoms. The molecular formula is C20H22N4O3S. The van der Waals surface area contributed by atoms with Gasteiger partial charge in [-0.15, -0.1) is 11.3 Å². The molecule has 1 atom stereocenters. The van der Waals surface area contributed by atoms with Crippen LogP contribution >= 0.6 is 11.3 Å². The molecule has 1 saturated heterocycles. The van der Waals surface area contributed by atoms with Crippen molar-refractivity contribution in [3.05, 3.63) is 53.4 Å². The Balaban J connectivity index is 1.28. The third-order valence-corrected chi connectivity index (χ3v) is 5.99. The third-order valence-electron chi connectivity index (χ3n) is 4.79. The molecule has 1 fully saturated rings. The number of carbonyl (C=O) groups is 2. The summed E-state index contributed by atoms with van der Waals surface area (Å²) in [5, 5.41) is 6.12. The van der Waals surface area contributed by atoms with Gasteiger partial charge in [-0.1, -0.05) is 12.1 Å². The number of rotatable bonds is 5. The van der Waals surface area contributed by atoms with Crippen molar-refractivity contribution in [1.29, 1.82) is 0 Å². The fourth-order valence-corrected chi connectivity index (χ4v) is 4.55. The highest BCUT2D eigenvalue weighted by Gasteiger charge is 2.25. The van der Waals surface area contributed by atoms with Crippen LogP contribution in [0.25, 0.3) is 10.2 Å². The summed E-state index contributed by atoms with van der Waals surface area (Å²) >= 11 is 1.73. The fourth-order valence-electron chi connectivity index (χ4n) is 3.46. The number of para-hydroxylation sites is 1. The first-order chi connectivity index (χ1) is 13.7. The Morgan fingerprint density at radius 3 is 2.96 bits per heavy atom. The number of imide groups is 1. The molecule has 0 spiro atoms. The maximum atomic E-state index is 12.2. The lowest BCUT2D eigenvalue weighted by Gasteiger charge is -2.31. The monoisotopic (exact) mass is 398 g/mol. The summed E-state index contributed by atoms with van der Waals surface area (Å²) in [7, 11) is 0. The van der Waals surface area contributed by atoms with Crippen molar-refractivity contribution in [3.63, 3.8) is 0 Å². The number of hydrogen-bond donors (Lipinski definition) is 2. The van der Waals surface area contributed by atoms with Crippen LogP contribution in [0, 0.1) is 0 Å². The summed E-state index contributed by atoms with van der Waals surface area (Å²) < 4.78 is 6.34. The second kappa shape index (κ2) is 8.53. The molecule has 0 bridgehead atoms. The number of piperidine rings is 1. The van der Waals surface area contributed by atoms with Crippen LogP contribution in [0.1, 0.15) is 29.5 Å². The lowest BCUT2D eigenvalue weighted by atomic mass is 9.99. The Morgan fingerprint density at radius 2 is 2.14 bits per heavy atom. The SMILES string of the molecule is O=C(CN1CCC[C@@H](c2nc3ccccc3s2)C1)NC(=O)NCc1ccco1. The molecule has 3 aromatic rings. The van der Waals surface area contributed by atoms with Crippen LogP contribution < -0.4 is 10.6 Å². The van der Waals surface area contributed by atoms with E-state index in [2.05, 4.69) is 21.6 Å². The van der Waals surface area contributed by atoms with E-state index in [1.165, 1.54) is 11.0 Å². The van der Waals surface area contributed by atoms with Gasteiger partial charge in [0.15, 0.2) is 0 Å². The first-order valence-electron chi connectivity index (χ1n) is 9.35. The van der Waals surface area contributed by atoms with E-state index in [-0.39, 0.29) is 19.0 Å². The molecule has 3 heterocycles. The first kappa shape index (κ1) is 18.6. The molecule has 1 aliphatic heterocycles. The molecule has 146 valence electrons. The lowest BCUT2D eigenvalue weighted by Crippen LogP contribution is -2.46. The number of nitrogens with zero attached hydrogens (tertiary/aromatic N) is 2. The van der Waals surface area contributed by atoms with Crippen LogP contribution in [0.4, 0.5) is 4.79 Å². The van der Waals surface area contributed by atoms with E-state index in [1.807, 2.05) is 18.2 Å². The molecule has 0 aliphatic carbocycles. The molecule has 2 N–H and O–H groups in total. The highest BCUT2D eigenvalue weighted by atomic mass is 32.1. The number of likely N-dealkylation sites (tertiary alicyclic amines) is 1. The highest BCUT2D eigenvalue weighted by molar-refractivity contribution is 7.18. The second-order valence-corrected chi connectivity index (χ2v) is 7.97. The van der Waals surface area contributed by atoms with E-state index >= 15 is 0 Å². The van der Waals surface area contributed by atoms with Gasteiger partial charge in [0.2, 0.25) is 5.91 Å². The van der Waals surface area contributed by atoms with Crippen LogP contribution in [-0.2, 0) is 11.3 Å². The summed E-state index contributed by atoms with van der Waals surface area (Å²) in [6, 6.07) is 11.1. The van der Waals surface area contributed by atoms with Crippen molar-refractivity contribution in [1.82, 2.24) is 20.5 Å². The number of carbonyl (C=O) groups excluding carboxylic acids is 2. The highest BCUT2D eigenvalue weighted by Crippen LogP contribution is 2.32. The van der Waals surface area contributed by atoms with Gasteiger partial charge in [-0.05, 0) is 43.7 Å². The molecule has 1 aromatic carbocycles. The predicted molar refractivity (Wildman–Crippen MR) is 107 cm³/mol. The Hall–Kier alpha value is -2.71. The third kappa shape index (κ3) is 4.58. The van der Waals surface area contributed by atoms with Crippen LogP contribution in [0.5, 0.6) is 0 Å². The van der Waals surface area contributed by atoms with Crippen LogP contribution in [-0.4, -0.2) is 41.5 Å². The van der Waals surface area contributed by atoms with Crippen molar-refractivity contribution >= 4 is 33.5 Å². The summed E-state index contributed by atoms with van der Waals surface area (Å²) in [6.07, 6.45) is 3.62. The van der Waals surface area contributed by atoms with Gasteiger partial charge in [-0.3, -0.25) is 15.0 Å². The normalized spacial score (nSPS) is 17.5. The molecule has 7 nitrogen and oxygen atoms in total. The van der Waals surface area contributed by atoms with Gasteiger partial charge in [0.1, 0.15) is 5.76 Å². The lowest BCUT2D eigenvalue weighted by molar-refractivity contribution is -0.121. The summed E-state index contributed by atoms with van der Waals surface area (Å²) in [4.78, 5) is 30.9. The number of nitrogens with one attached hydrogen (secondary N) is 2. The minimum Gasteiger partial charge on any atom is -0.467 e. The average molecular weight is 398 g/mol. The van der Waals surface area contributed by atoms with E-state index in [0.717, 1.165) is 36.5 Å². The van der Waals surface area contributed by atoms with Gasteiger partial charge < -0.3 is 9.73 Å². The maximum Gasteiger partial charge on any atom is 0.321 e. The van der Waals surface area contributed by atoms with Gasteiger partial charge in [-0.2, -0.15) is 0 Å². The fraction of sp³-hybridized carbons (Fsp3) is 0.350. The van der Waals surface area contributed by atoms with E-state index in [0.29, 0.717) is 11.7 Å². The Morgan fingerprint density at radius 1 is 1.25 bits per heavy atom. The largest absolute Gasteiger partial charge is 0.467 e. The number of hydrogen-bond acceptors (Lipinski definition) is 6. The molecule has 2 aromatic heterocycles. The second-order valence-electron chi connectivity index (χ2n) is 6.90. The smallest absolute Gasteiger partial charge is 0.321 e. The van der Waals surface area contributed by atoms with Gasteiger partial charge in [0.05, 0.1) is 34.6 Å². The van der Waals surface area contributed by atoms with Crippen LogP contribution in [0.2, 0.25) is 0 Å². The molecule has 4 rings (SSSR count). The summed E-state index contributed by atoms with van der Waals surface area (Å²) in [6.45, 7) is 2.08. The molecule has 1 aliphatic rings. The zero-order chi connectivity index (χ0) is 19.3. The minimum absolute atomic E-state index is 0.204. The molecule has 0 unspecified atom stereocenters. The van der Waals surface area contributed by atoms with Crippen molar-refractivity contribution < 1.29 is 14.0 Å². The Labute approximate surface area is 166 Å². The van der Waals surface area contributed by atoms with Crippen LogP contribution in [0.3, 0.4) is 0 Å². The first-order valence-corrected chi connectivity index (χ1v) is 10.2. The molecular weight excluding hydrogens is 376 g/mol. The number of furan rings is 1. The Bertz CT molecular complexity index is 920. The summed E-state index contributed by atoms with van der Waals surface area (Å²) in [5.74, 6) is 0.658. The van der Waals surface area contributed by atoms with Gasteiger partial charge in [-0.25, -0.2) is 9.78 Å². The van der Waals surface area contributed by atoms with Gasteiger partial charge in [0, 0.05) is 12.5 Å². The number of aromatic nitrogens is 1. The Kier molecular flexibility index (Phi) is 5.68. The summed E-state index contributed by atoms with van der Waals surface area (Å²) in [5.41, 5.74) is 1.03. The maximum absolute atomic E-state index is 12.2. The zero-order valence-corrected chi connectivity index (χ0v) is 16.2. The van der Waals surface area contributed by atoms with E-state index < -0.39 is 6.03 Å². The number of fused-ring (bicyclic) bond motifs is 1. The van der Waals surface area contributed by atoms with Crippen molar-refractivity contribution in [3.8, 4) is 0 Å². The zero-order valence-electron chi connectivity index (χ0n) is 15.4. The topological polar surface area (TPSA) is 87.5 Å². The molecule has 0 radical (unpaired) electrons. The quantitative estimate of drug-likeness (QED) is 0.690. The van der Waals surface area contributed by atoms with Crippen LogP contribution in [0.15, 0.2) is 47.1 Å². The van der Waals surface area contributed by atoms with Crippen molar-refractivity contribution in [2.45, 2.75) is 25.3 Å². The number of thiazole rings is 1. The van der Waals surface area contributed by atoms with Crippen molar-refractivity contribution in [2.24, 2.45) is 0 Å². The molecule has 28 heavy (non-hydrogen) atoms. The number of benzene rings is 1. The van der Waals surface area contributed by atoms with Crippen molar-refractivity contribution in [2.75, 3.05) is 19.6 Å². The standard InChI is InChI=1S/C20H22N4O3S/c25-18(23-20(26)21-11-15-6-4-10-27-15)13-24-9-3-5-14(12-24)19-22-16-7-1-2-8-17(16)28-19/h1-2,4,6-8,10,14H,3,5,9,11-13H2,(H2,21,23,25,26)/t14-/m1/s1. The predicted octanol–water partition coefficient (Wildman–Crippen LogP) is 3.09. The van der Waals surface area contributed by atoms with Gasteiger partial charge >= 0.3 is 6.03 Å². The molecule has 0 saturated carbocycles. The minimum atomic E-state index is -0.513. The number of amides is 3. The average Bonchev–Trinajstić information content (AvgIpc) is 3.36.